The quantitative estimate of drug-likeness (QED) is 0.351. The summed E-state index contributed by atoms with van der Waals surface area (Å²) >= 11 is 0. The Morgan fingerprint density at radius 3 is 2.44 bits per heavy atom. The van der Waals surface area contributed by atoms with Crippen molar-refractivity contribution in [1.29, 1.82) is 0 Å². The van der Waals surface area contributed by atoms with Gasteiger partial charge in [0.2, 0.25) is 0 Å². The fourth-order valence-corrected chi connectivity index (χ4v) is 5.42. The van der Waals surface area contributed by atoms with Crippen LogP contribution in [0.15, 0.2) is 71.8 Å². The number of benzene rings is 1. The summed E-state index contributed by atoms with van der Waals surface area (Å²) in [6.45, 7) is 5.46. The number of amides is 1. The molecule has 0 aliphatic carbocycles. The van der Waals surface area contributed by atoms with Crippen molar-refractivity contribution in [2.75, 3.05) is 18.0 Å². The maximum absolute atomic E-state index is 12.9. The molecule has 9 nitrogen and oxygen atoms in total. The smallest absolute Gasteiger partial charge is 0.372 e. The molecule has 3 aromatic heterocycles. The zero-order valence-electron chi connectivity index (χ0n) is 22.1. The molecule has 1 saturated heterocycles. The fraction of sp³-hybridized carbons (Fsp3) is 0.286. The largest absolute Gasteiger partial charge is 0.501 e. The Kier molecular flexibility index (Phi) is 7.66. The second kappa shape index (κ2) is 11.1. The Hall–Kier alpha value is -4.10. The van der Waals surface area contributed by atoms with Gasteiger partial charge in [-0.05, 0) is 62.4 Å². The average molecular weight is 586 g/mol. The van der Waals surface area contributed by atoms with Gasteiger partial charge in [0.05, 0.1) is 46.2 Å². The van der Waals surface area contributed by atoms with Gasteiger partial charge in [0.25, 0.3) is 15.7 Å². The molecule has 1 N–H and O–H groups in total. The molecule has 1 amide bonds. The number of carbonyl (C=O) groups excluding carboxylic acids is 1. The highest BCUT2D eigenvalue weighted by Gasteiger charge is 2.47. The molecule has 4 heterocycles. The lowest BCUT2D eigenvalue weighted by molar-refractivity contribution is -0.0436. The van der Waals surface area contributed by atoms with Gasteiger partial charge in [-0.1, -0.05) is 12.1 Å². The minimum Gasteiger partial charge on any atom is -0.372 e. The summed E-state index contributed by atoms with van der Waals surface area (Å²) in [5.74, 6) is 0.0808. The highest BCUT2D eigenvalue weighted by molar-refractivity contribution is 7.92. The van der Waals surface area contributed by atoms with Gasteiger partial charge in [0.1, 0.15) is 5.82 Å². The Labute approximate surface area is 234 Å². The number of rotatable bonds is 6. The number of hydrogen-bond donors (Lipinski definition) is 1. The van der Waals surface area contributed by atoms with E-state index >= 15 is 0 Å². The highest BCUT2D eigenvalue weighted by atomic mass is 32.2. The molecule has 5 rings (SSSR count). The van der Waals surface area contributed by atoms with Gasteiger partial charge in [-0.3, -0.25) is 9.78 Å². The van der Waals surface area contributed by atoms with Crippen LogP contribution in [-0.4, -0.2) is 60.1 Å². The van der Waals surface area contributed by atoms with Crippen molar-refractivity contribution in [2.24, 2.45) is 0 Å². The van der Waals surface area contributed by atoms with Gasteiger partial charge in [-0.15, -0.1) is 0 Å². The molecule has 0 unspecified atom stereocenters. The van der Waals surface area contributed by atoms with Crippen LogP contribution < -0.4 is 10.2 Å². The third kappa shape index (κ3) is 6.15. The molecule has 0 saturated carbocycles. The van der Waals surface area contributed by atoms with Gasteiger partial charge in [-0.2, -0.15) is 13.2 Å². The molecule has 0 spiro atoms. The first-order chi connectivity index (χ1) is 19.4. The average Bonchev–Trinajstić information content (AvgIpc) is 2.94. The van der Waals surface area contributed by atoms with Crippen LogP contribution in [-0.2, 0) is 21.1 Å². The highest BCUT2D eigenvalue weighted by Crippen LogP contribution is 2.30. The first-order valence-electron chi connectivity index (χ1n) is 12.7. The summed E-state index contributed by atoms with van der Waals surface area (Å²) < 4.78 is 67.9. The number of hydrogen-bond acceptors (Lipinski definition) is 8. The monoisotopic (exact) mass is 585 g/mol. The lowest BCUT2D eigenvalue weighted by Crippen LogP contribution is -2.45. The predicted molar refractivity (Wildman–Crippen MR) is 146 cm³/mol. The molecule has 214 valence electrons. The van der Waals surface area contributed by atoms with Crippen LogP contribution in [0.2, 0.25) is 0 Å². The van der Waals surface area contributed by atoms with Crippen LogP contribution in [0.5, 0.6) is 0 Å². The summed E-state index contributed by atoms with van der Waals surface area (Å²) in [6.07, 6.45) is 1.78. The first kappa shape index (κ1) is 28.4. The third-order valence-electron chi connectivity index (χ3n) is 6.51. The molecule has 4 aromatic rings. The maximum atomic E-state index is 12.9. The Morgan fingerprint density at radius 2 is 1.71 bits per heavy atom. The first-order valence-corrected chi connectivity index (χ1v) is 14.2. The number of aromatic nitrogens is 3. The van der Waals surface area contributed by atoms with E-state index in [9.17, 15) is 26.4 Å². The zero-order valence-corrected chi connectivity index (χ0v) is 22.9. The number of morpholine rings is 1. The third-order valence-corrected chi connectivity index (χ3v) is 8.00. The summed E-state index contributed by atoms with van der Waals surface area (Å²) in [5.41, 5.74) is -3.30. The molecular weight excluding hydrogens is 559 g/mol. The normalized spacial score (nSPS) is 17.9. The van der Waals surface area contributed by atoms with E-state index < -0.39 is 26.1 Å². The summed E-state index contributed by atoms with van der Waals surface area (Å²) in [6, 6.07) is 15.0. The molecule has 2 atom stereocenters. The van der Waals surface area contributed by atoms with E-state index in [0.717, 1.165) is 36.4 Å². The fourth-order valence-electron chi connectivity index (χ4n) is 4.62. The molecule has 41 heavy (non-hydrogen) atoms. The van der Waals surface area contributed by atoms with E-state index in [1.165, 1.54) is 6.07 Å². The van der Waals surface area contributed by atoms with E-state index in [0.29, 0.717) is 28.7 Å². The van der Waals surface area contributed by atoms with Crippen LogP contribution in [0.4, 0.5) is 19.0 Å². The van der Waals surface area contributed by atoms with Crippen LogP contribution in [0, 0.1) is 0 Å². The van der Waals surface area contributed by atoms with E-state index in [2.05, 4.69) is 15.2 Å². The molecule has 1 fully saturated rings. The topological polar surface area (TPSA) is 114 Å². The zero-order chi connectivity index (χ0) is 29.4. The van der Waals surface area contributed by atoms with Crippen LogP contribution >= 0.6 is 0 Å². The number of anilines is 1. The minimum absolute atomic E-state index is 0.0575. The number of sulfone groups is 1. The number of ether oxygens (including phenoxy) is 1. The number of pyridine rings is 3. The number of carbonyl (C=O) groups is 1. The number of alkyl halides is 3. The van der Waals surface area contributed by atoms with Gasteiger partial charge >= 0.3 is 5.51 Å². The van der Waals surface area contributed by atoms with Crippen molar-refractivity contribution in [1.82, 2.24) is 20.3 Å². The molecule has 1 aliphatic heterocycles. The minimum atomic E-state index is -5.58. The lowest BCUT2D eigenvalue weighted by Gasteiger charge is -2.36. The number of fused-ring (bicyclic) bond motifs is 1. The van der Waals surface area contributed by atoms with Crippen molar-refractivity contribution in [3.63, 3.8) is 0 Å². The Morgan fingerprint density at radius 1 is 1.00 bits per heavy atom. The molecule has 0 bridgehead atoms. The van der Waals surface area contributed by atoms with Crippen LogP contribution in [0.25, 0.3) is 22.3 Å². The van der Waals surface area contributed by atoms with Gasteiger partial charge in [0, 0.05) is 30.2 Å². The van der Waals surface area contributed by atoms with E-state index in [4.69, 9.17) is 14.7 Å². The van der Waals surface area contributed by atoms with Crippen molar-refractivity contribution in [3.05, 3.63) is 78.1 Å². The molecule has 1 aliphatic rings. The summed E-state index contributed by atoms with van der Waals surface area (Å²) in [5, 5.41) is 3.33. The standard InChI is InChI=1S/C28H26F3N5O4S/c1-17-15-36(16-18(2)40-17)26-8-4-7-23(35-26)24-10-9-20-13-32-21(12-25(20)34-24)14-33-27(37)19-5-3-6-22(11-19)41(38,39)28(29,30)31/h3-13,17-18H,14-16H2,1-2H3,(H,33,37)/t17-,18+. The van der Waals surface area contributed by atoms with Crippen molar-refractivity contribution >= 4 is 32.5 Å². The SMILES string of the molecule is C[C@@H]1CN(c2cccc(-c3ccc4cnc(CNC(=O)c5cccc(S(=O)(=O)C(F)(F)F)c5)cc4n3)n2)C[C@H](C)O1. The lowest BCUT2D eigenvalue weighted by atomic mass is 10.1. The Balaban J connectivity index is 1.33. The Bertz CT molecular complexity index is 1700. The predicted octanol–water partition coefficient (Wildman–Crippen LogP) is 4.53. The van der Waals surface area contributed by atoms with E-state index in [1.54, 1.807) is 12.3 Å². The van der Waals surface area contributed by atoms with Crippen molar-refractivity contribution < 1.29 is 31.1 Å². The van der Waals surface area contributed by atoms with Gasteiger partial charge in [-0.25, -0.2) is 18.4 Å². The second-order valence-corrected chi connectivity index (χ2v) is 11.7. The summed E-state index contributed by atoms with van der Waals surface area (Å²) in [7, 11) is -5.58. The van der Waals surface area contributed by atoms with Crippen LogP contribution in [0.3, 0.4) is 0 Å². The van der Waals surface area contributed by atoms with Crippen LogP contribution in [0.1, 0.15) is 29.9 Å². The van der Waals surface area contributed by atoms with Crippen molar-refractivity contribution in [2.45, 2.75) is 43.0 Å². The van der Waals surface area contributed by atoms with E-state index in [1.807, 2.05) is 44.2 Å². The number of halogens is 3. The van der Waals surface area contributed by atoms with Gasteiger partial charge < -0.3 is 15.0 Å². The van der Waals surface area contributed by atoms with Gasteiger partial charge in [0.15, 0.2) is 0 Å². The number of nitrogens with zero attached hydrogens (tertiary/aromatic N) is 4. The maximum Gasteiger partial charge on any atom is 0.501 e. The molecule has 13 heteroatoms. The molecule has 0 radical (unpaired) electrons. The van der Waals surface area contributed by atoms with Crippen molar-refractivity contribution in [3.8, 4) is 11.4 Å². The van der Waals surface area contributed by atoms with E-state index in [-0.39, 0.29) is 24.3 Å². The number of nitrogens with one attached hydrogen (secondary N) is 1. The second-order valence-electron chi connectivity index (χ2n) is 9.77. The molecule has 1 aromatic carbocycles. The summed E-state index contributed by atoms with van der Waals surface area (Å²) in [4.78, 5) is 27.7. The molecular formula is C28H26F3N5O4S.